The average molecular weight is 196 g/mol. The summed E-state index contributed by atoms with van der Waals surface area (Å²) in [6.07, 6.45) is 2.97. The smallest absolute Gasteiger partial charge is 0.245 e. The van der Waals surface area contributed by atoms with E-state index in [2.05, 4.69) is 5.43 Å². The molecule has 1 amide bonds. The Balaban J connectivity index is 2.31. The van der Waals surface area contributed by atoms with Crippen molar-refractivity contribution in [2.75, 3.05) is 0 Å². The van der Waals surface area contributed by atoms with Crippen LogP contribution in [-0.4, -0.2) is 5.91 Å². The average Bonchev–Trinajstić information content (AvgIpc) is 2.55. The number of hydrogen-bond donors (Lipinski definition) is 2. The Kier molecular flexibility index (Phi) is 2.09. The molecule has 13 heavy (non-hydrogen) atoms. The molecule has 1 aliphatic carbocycles. The van der Waals surface area contributed by atoms with Crippen molar-refractivity contribution in [1.82, 2.24) is 5.43 Å². The lowest BCUT2D eigenvalue weighted by Crippen LogP contribution is -2.50. The molecule has 1 aliphatic rings. The molecule has 0 radical (unpaired) electrons. The first kappa shape index (κ1) is 8.72. The van der Waals surface area contributed by atoms with Crippen LogP contribution in [0.2, 0.25) is 0 Å². The second-order valence-corrected chi connectivity index (χ2v) is 4.33. The zero-order valence-corrected chi connectivity index (χ0v) is 8.06. The third-order valence-corrected chi connectivity index (χ3v) is 3.84. The van der Waals surface area contributed by atoms with Crippen molar-refractivity contribution in [3.05, 3.63) is 22.4 Å². The monoisotopic (exact) mass is 196 g/mol. The summed E-state index contributed by atoms with van der Waals surface area (Å²) in [4.78, 5) is 12.7. The van der Waals surface area contributed by atoms with Crippen molar-refractivity contribution in [3.63, 3.8) is 0 Å². The topological polar surface area (TPSA) is 55.1 Å². The van der Waals surface area contributed by atoms with Crippen molar-refractivity contribution >= 4 is 17.2 Å². The van der Waals surface area contributed by atoms with E-state index in [1.807, 2.05) is 17.5 Å². The summed E-state index contributed by atoms with van der Waals surface area (Å²) in [6.45, 7) is 0. The van der Waals surface area contributed by atoms with Crippen LogP contribution in [-0.2, 0) is 10.2 Å². The van der Waals surface area contributed by atoms with Gasteiger partial charge in [0.1, 0.15) is 0 Å². The second kappa shape index (κ2) is 3.12. The molecular weight excluding hydrogens is 184 g/mol. The van der Waals surface area contributed by atoms with Gasteiger partial charge in [0.2, 0.25) is 5.91 Å². The number of hydrazine groups is 1. The summed E-state index contributed by atoms with van der Waals surface area (Å²) >= 11 is 1.63. The van der Waals surface area contributed by atoms with Gasteiger partial charge in [0.25, 0.3) is 0 Å². The Labute approximate surface area is 80.9 Å². The highest BCUT2D eigenvalue weighted by atomic mass is 32.1. The summed E-state index contributed by atoms with van der Waals surface area (Å²) in [7, 11) is 0. The van der Waals surface area contributed by atoms with Gasteiger partial charge in [-0.3, -0.25) is 10.2 Å². The van der Waals surface area contributed by atoms with E-state index < -0.39 is 0 Å². The molecule has 3 nitrogen and oxygen atoms in total. The molecule has 1 aromatic heterocycles. The first-order valence-electron chi connectivity index (χ1n) is 4.35. The van der Waals surface area contributed by atoms with E-state index >= 15 is 0 Å². The second-order valence-electron chi connectivity index (χ2n) is 3.39. The molecule has 0 unspecified atom stereocenters. The summed E-state index contributed by atoms with van der Waals surface area (Å²) in [5.74, 6) is 5.14. The number of carbonyl (C=O) groups excluding carboxylic acids is 1. The maximum atomic E-state index is 11.6. The van der Waals surface area contributed by atoms with Crippen LogP contribution in [0.25, 0.3) is 0 Å². The van der Waals surface area contributed by atoms with Gasteiger partial charge in [0.15, 0.2) is 0 Å². The normalized spacial score (nSPS) is 19.2. The lowest BCUT2D eigenvalue weighted by Gasteiger charge is -2.38. The van der Waals surface area contributed by atoms with Crippen molar-refractivity contribution < 1.29 is 4.79 Å². The molecule has 0 atom stereocenters. The van der Waals surface area contributed by atoms with Gasteiger partial charge in [-0.25, -0.2) is 5.84 Å². The third-order valence-electron chi connectivity index (χ3n) is 2.77. The van der Waals surface area contributed by atoms with Crippen molar-refractivity contribution in [3.8, 4) is 0 Å². The largest absolute Gasteiger partial charge is 0.293 e. The van der Waals surface area contributed by atoms with Gasteiger partial charge in [0, 0.05) is 4.88 Å². The van der Waals surface area contributed by atoms with Crippen LogP contribution in [0.4, 0.5) is 0 Å². The fraction of sp³-hybridized carbons (Fsp3) is 0.444. The summed E-state index contributed by atoms with van der Waals surface area (Å²) in [5.41, 5.74) is 1.96. The highest BCUT2D eigenvalue weighted by Crippen LogP contribution is 2.45. The minimum Gasteiger partial charge on any atom is -0.293 e. The van der Waals surface area contributed by atoms with E-state index in [0.29, 0.717) is 0 Å². The lowest BCUT2D eigenvalue weighted by molar-refractivity contribution is -0.129. The molecule has 0 aromatic carbocycles. The van der Waals surface area contributed by atoms with E-state index in [1.165, 1.54) is 0 Å². The van der Waals surface area contributed by atoms with Crippen LogP contribution in [0.1, 0.15) is 24.1 Å². The fourth-order valence-corrected chi connectivity index (χ4v) is 2.79. The van der Waals surface area contributed by atoms with Gasteiger partial charge in [-0.1, -0.05) is 12.5 Å². The Morgan fingerprint density at radius 2 is 2.38 bits per heavy atom. The third kappa shape index (κ3) is 1.17. The highest BCUT2D eigenvalue weighted by Gasteiger charge is 2.46. The van der Waals surface area contributed by atoms with E-state index in [-0.39, 0.29) is 11.3 Å². The summed E-state index contributed by atoms with van der Waals surface area (Å²) < 4.78 is 0. The van der Waals surface area contributed by atoms with Crippen LogP contribution in [0.5, 0.6) is 0 Å². The van der Waals surface area contributed by atoms with Gasteiger partial charge in [-0.2, -0.15) is 0 Å². The first-order chi connectivity index (χ1) is 6.29. The first-order valence-corrected chi connectivity index (χ1v) is 5.22. The molecule has 1 aromatic rings. The summed E-state index contributed by atoms with van der Waals surface area (Å²) in [6, 6.07) is 3.99. The number of nitrogens with two attached hydrogens (primary N) is 1. The van der Waals surface area contributed by atoms with Crippen molar-refractivity contribution in [1.29, 1.82) is 0 Å². The van der Waals surface area contributed by atoms with E-state index in [4.69, 9.17) is 5.84 Å². The zero-order chi connectivity index (χ0) is 9.31. The Morgan fingerprint density at radius 1 is 1.62 bits per heavy atom. The fourth-order valence-electron chi connectivity index (χ4n) is 1.80. The predicted molar refractivity (Wildman–Crippen MR) is 52.2 cm³/mol. The lowest BCUT2D eigenvalue weighted by atomic mass is 9.67. The highest BCUT2D eigenvalue weighted by molar-refractivity contribution is 7.10. The molecule has 4 heteroatoms. The van der Waals surface area contributed by atoms with E-state index in [0.717, 1.165) is 24.1 Å². The van der Waals surface area contributed by atoms with Gasteiger partial charge in [-0.05, 0) is 24.3 Å². The molecule has 0 spiro atoms. The van der Waals surface area contributed by atoms with Crippen molar-refractivity contribution in [2.45, 2.75) is 24.7 Å². The van der Waals surface area contributed by atoms with Gasteiger partial charge < -0.3 is 0 Å². The predicted octanol–water partition coefficient (Wildman–Crippen LogP) is 1.16. The van der Waals surface area contributed by atoms with Gasteiger partial charge >= 0.3 is 0 Å². The molecule has 0 aliphatic heterocycles. The van der Waals surface area contributed by atoms with Crippen LogP contribution in [0.3, 0.4) is 0 Å². The number of rotatable bonds is 2. The van der Waals surface area contributed by atoms with Gasteiger partial charge in [-0.15, -0.1) is 11.3 Å². The van der Waals surface area contributed by atoms with E-state index in [1.54, 1.807) is 11.3 Å². The number of thiophene rings is 1. The molecule has 0 saturated heterocycles. The maximum Gasteiger partial charge on any atom is 0.245 e. The summed E-state index contributed by atoms with van der Waals surface area (Å²) in [5, 5.41) is 2.00. The zero-order valence-electron chi connectivity index (χ0n) is 7.25. The van der Waals surface area contributed by atoms with Gasteiger partial charge in [0.05, 0.1) is 5.41 Å². The molecule has 0 bridgehead atoms. The number of hydrogen-bond acceptors (Lipinski definition) is 3. The molecule has 1 fully saturated rings. The Morgan fingerprint density at radius 3 is 2.77 bits per heavy atom. The molecule has 1 heterocycles. The van der Waals surface area contributed by atoms with Crippen LogP contribution < -0.4 is 11.3 Å². The number of amides is 1. The quantitative estimate of drug-likeness (QED) is 0.423. The minimum absolute atomic E-state index is 0.0406. The molecule has 70 valence electrons. The molecule has 2 rings (SSSR count). The number of carbonyl (C=O) groups is 1. The molecule has 1 saturated carbocycles. The molecular formula is C9H12N2OS. The van der Waals surface area contributed by atoms with Crippen LogP contribution in [0, 0.1) is 0 Å². The maximum absolute atomic E-state index is 11.6. The van der Waals surface area contributed by atoms with Crippen LogP contribution in [0.15, 0.2) is 17.5 Å². The SMILES string of the molecule is NNC(=O)C1(c2cccs2)CCC1. The van der Waals surface area contributed by atoms with Crippen molar-refractivity contribution in [2.24, 2.45) is 5.84 Å². The van der Waals surface area contributed by atoms with E-state index in [9.17, 15) is 4.79 Å². The van der Waals surface area contributed by atoms with Crippen LogP contribution >= 0.6 is 11.3 Å². The Bertz CT molecular complexity index is 303. The number of nitrogens with one attached hydrogen (secondary N) is 1. The Hall–Kier alpha value is -0.870. The molecule has 3 N–H and O–H groups in total. The standard InChI is InChI=1S/C9H12N2OS/c10-11-8(12)9(4-2-5-9)7-3-1-6-13-7/h1,3,6H,2,4-5,10H2,(H,11,12). The minimum atomic E-state index is -0.303.